The van der Waals surface area contributed by atoms with E-state index in [4.69, 9.17) is 0 Å². The van der Waals surface area contributed by atoms with Crippen LogP contribution in [0, 0.1) is 0 Å². The number of aliphatic hydroxyl groups is 1. The van der Waals surface area contributed by atoms with E-state index in [2.05, 4.69) is 19.9 Å². The van der Waals surface area contributed by atoms with Crippen molar-refractivity contribution in [1.29, 1.82) is 0 Å². The highest BCUT2D eigenvalue weighted by molar-refractivity contribution is 5.25. The van der Waals surface area contributed by atoms with E-state index in [1.807, 2.05) is 30.3 Å². The zero-order valence-electron chi connectivity index (χ0n) is 10.3. The molecule has 1 nitrogen and oxygen atoms in total. The molecule has 0 radical (unpaired) electrons. The Kier molecular flexibility index (Phi) is 5.87. The highest BCUT2D eigenvalue weighted by Crippen LogP contribution is 2.25. The third-order valence-corrected chi connectivity index (χ3v) is 2.75. The number of rotatable bonds is 6. The zero-order chi connectivity index (χ0) is 11.8. The molecule has 0 aromatic heterocycles. The van der Waals surface area contributed by atoms with Crippen molar-refractivity contribution >= 4 is 0 Å². The van der Waals surface area contributed by atoms with E-state index in [0.29, 0.717) is 0 Å². The summed E-state index contributed by atoms with van der Waals surface area (Å²) in [6.45, 7) is 4.29. The van der Waals surface area contributed by atoms with E-state index in [1.165, 1.54) is 6.42 Å². The van der Waals surface area contributed by atoms with Gasteiger partial charge in [-0.25, -0.2) is 0 Å². The average molecular weight is 218 g/mol. The Morgan fingerprint density at radius 3 is 2.50 bits per heavy atom. The van der Waals surface area contributed by atoms with Crippen molar-refractivity contribution < 1.29 is 5.11 Å². The molecule has 0 saturated heterocycles. The molecule has 16 heavy (non-hydrogen) atoms. The minimum Gasteiger partial charge on any atom is -0.384 e. The summed E-state index contributed by atoms with van der Waals surface area (Å²) in [5.74, 6) is 0. The molecule has 0 heterocycles. The van der Waals surface area contributed by atoms with E-state index in [1.54, 1.807) is 0 Å². The van der Waals surface area contributed by atoms with E-state index in [0.717, 1.165) is 30.4 Å². The minimum absolute atomic E-state index is 0.423. The molecule has 1 unspecified atom stereocenters. The fourth-order valence-electron chi connectivity index (χ4n) is 1.84. The number of aliphatic hydroxyl groups excluding tert-OH is 1. The Bertz CT molecular complexity index is 313. The van der Waals surface area contributed by atoms with Gasteiger partial charge < -0.3 is 5.11 Å². The normalized spacial score (nSPS) is 13.8. The van der Waals surface area contributed by atoms with Gasteiger partial charge >= 0.3 is 0 Å². The number of benzene rings is 1. The molecular weight excluding hydrogens is 196 g/mol. The van der Waals surface area contributed by atoms with Gasteiger partial charge in [0.05, 0.1) is 0 Å². The summed E-state index contributed by atoms with van der Waals surface area (Å²) in [4.78, 5) is 0. The molecule has 0 aliphatic rings. The molecule has 0 aliphatic carbocycles. The van der Waals surface area contributed by atoms with Gasteiger partial charge in [0, 0.05) is 0 Å². The van der Waals surface area contributed by atoms with Gasteiger partial charge in [0.25, 0.3) is 0 Å². The Balaban J connectivity index is 2.75. The molecule has 0 fully saturated rings. The van der Waals surface area contributed by atoms with Gasteiger partial charge in [-0.3, -0.25) is 0 Å². The molecule has 1 aromatic rings. The molecule has 0 saturated carbocycles. The van der Waals surface area contributed by atoms with E-state index >= 15 is 0 Å². The van der Waals surface area contributed by atoms with Gasteiger partial charge in [-0.15, -0.1) is 0 Å². The predicted molar refractivity (Wildman–Crippen MR) is 69.3 cm³/mol. The fraction of sp³-hybridized carbons (Fsp3) is 0.467. The van der Waals surface area contributed by atoms with Crippen molar-refractivity contribution in [3.63, 3.8) is 0 Å². The van der Waals surface area contributed by atoms with Crippen molar-refractivity contribution in [2.45, 2.75) is 45.6 Å². The summed E-state index contributed by atoms with van der Waals surface area (Å²) in [5.41, 5.74) is 2.16. The summed E-state index contributed by atoms with van der Waals surface area (Å²) in [7, 11) is 0. The van der Waals surface area contributed by atoms with Crippen LogP contribution in [0.4, 0.5) is 0 Å². The zero-order valence-corrected chi connectivity index (χ0v) is 10.3. The molecule has 1 aromatic carbocycles. The van der Waals surface area contributed by atoms with Crippen molar-refractivity contribution in [2.24, 2.45) is 0 Å². The lowest BCUT2D eigenvalue weighted by atomic mass is 9.96. The number of unbranched alkanes of at least 4 members (excludes halogenated alkanes) is 1. The molecule has 0 amide bonds. The fourth-order valence-corrected chi connectivity index (χ4v) is 1.84. The molecule has 1 atom stereocenters. The number of hydrogen-bond donors (Lipinski definition) is 1. The summed E-state index contributed by atoms with van der Waals surface area (Å²) in [6.07, 6.45) is 6.04. The first kappa shape index (κ1) is 13.0. The SMILES string of the molecule is CC/C=C(\CCCC)C(O)c1ccccc1. The topological polar surface area (TPSA) is 20.2 Å². The quantitative estimate of drug-likeness (QED) is 0.708. The first-order chi connectivity index (χ1) is 7.79. The highest BCUT2D eigenvalue weighted by Gasteiger charge is 2.11. The van der Waals surface area contributed by atoms with Crippen LogP contribution in [0.2, 0.25) is 0 Å². The summed E-state index contributed by atoms with van der Waals surface area (Å²) in [6, 6.07) is 9.90. The Labute approximate surface area is 98.8 Å². The second-order valence-corrected chi connectivity index (χ2v) is 4.10. The van der Waals surface area contributed by atoms with Gasteiger partial charge in [-0.05, 0) is 30.4 Å². The van der Waals surface area contributed by atoms with Crippen LogP contribution in [0.15, 0.2) is 42.0 Å². The smallest absolute Gasteiger partial charge is 0.100 e. The maximum atomic E-state index is 10.3. The van der Waals surface area contributed by atoms with E-state index in [9.17, 15) is 5.11 Å². The van der Waals surface area contributed by atoms with Crippen LogP contribution < -0.4 is 0 Å². The highest BCUT2D eigenvalue weighted by atomic mass is 16.3. The third-order valence-electron chi connectivity index (χ3n) is 2.75. The largest absolute Gasteiger partial charge is 0.384 e. The maximum absolute atomic E-state index is 10.3. The van der Waals surface area contributed by atoms with Crippen LogP contribution in [0.25, 0.3) is 0 Å². The van der Waals surface area contributed by atoms with Crippen LogP contribution in [0.3, 0.4) is 0 Å². The Hall–Kier alpha value is -1.08. The van der Waals surface area contributed by atoms with Gasteiger partial charge in [-0.2, -0.15) is 0 Å². The Morgan fingerprint density at radius 2 is 1.94 bits per heavy atom. The van der Waals surface area contributed by atoms with E-state index in [-0.39, 0.29) is 0 Å². The standard InChI is InChI=1S/C15H22O/c1-3-5-10-13(9-4-2)15(16)14-11-7-6-8-12-14/h6-9,11-12,15-16H,3-5,10H2,1-2H3/b13-9+. The van der Waals surface area contributed by atoms with Crippen LogP contribution in [0.1, 0.15) is 51.2 Å². The Morgan fingerprint density at radius 1 is 1.25 bits per heavy atom. The number of allylic oxidation sites excluding steroid dienone is 1. The maximum Gasteiger partial charge on any atom is 0.100 e. The van der Waals surface area contributed by atoms with Gasteiger partial charge in [0.2, 0.25) is 0 Å². The minimum atomic E-state index is -0.423. The van der Waals surface area contributed by atoms with Gasteiger partial charge in [-0.1, -0.05) is 56.7 Å². The molecule has 1 heteroatoms. The van der Waals surface area contributed by atoms with Crippen LogP contribution in [-0.2, 0) is 0 Å². The van der Waals surface area contributed by atoms with Crippen molar-refractivity contribution in [2.75, 3.05) is 0 Å². The van der Waals surface area contributed by atoms with Crippen LogP contribution in [0.5, 0.6) is 0 Å². The van der Waals surface area contributed by atoms with Crippen LogP contribution >= 0.6 is 0 Å². The van der Waals surface area contributed by atoms with Crippen molar-refractivity contribution in [3.05, 3.63) is 47.5 Å². The summed E-state index contributed by atoms with van der Waals surface area (Å²) >= 11 is 0. The molecular formula is C15H22O. The van der Waals surface area contributed by atoms with Crippen molar-refractivity contribution in [3.8, 4) is 0 Å². The summed E-state index contributed by atoms with van der Waals surface area (Å²) in [5, 5.41) is 10.3. The molecule has 0 spiro atoms. The van der Waals surface area contributed by atoms with E-state index < -0.39 is 6.10 Å². The van der Waals surface area contributed by atoms with Gasteiger partial charge in [0.1, 0.15) is 6.10 Å². The second-order valence-electron chi connectivity index (χ2n) is 4.10. The predicted octanol–water partition coefficient (Wildman–Crippen LogP) is 4.25. The lowest BCUT2D eigenvalue weighted by molar-refractivity contribution is 0.210. The molecule has 1 N–H and O–H groups in total. The average Bonchev–Trinajstić information content (AvgIpc) is 2.35. The lowest BCUT2D eigenvalue weighted by Gasteiger charge is -2.15. The molecule has 88 valence electrons. The first-order valence-electron chi connectivity index (χ1n) is 6.21. The third kappa shape index (κ3) is 3.82. The lowest BCUT2D eigenvalue weighted by Crippen LogP contribution is -2.01. The first-order valence-corrected chi connectivity index (χ1v) is 6.21. The van der Waals surface area contributed by atoms with Crippen LogP contribution in [-0.4, -0.2) is 5.11 Å². The molecule has 0 aliphatic heterocycles. The van der Waals surface area contributed by atoms with Gasteiger partial charge in [0.15, 0.2) is 0 Å². The summed E-state index contributed by atoms with van der Waals surface area (Å²) < 4.78 is 0. The molecule has 1 rings (SSSR count). The molecule has 0 bridgehead atoms. The monoisotopic (exact) mass is 218 g/mol. The second kappa shape index (κ2) is 7.24. The number of hydrogen-bond acceptors (Lipinski definition) is 1. The van der Waals surface area contributed by atoms with Crippen molar-refractivity contribution in [1.82, 2.24) is 0 Å².